The van der Waals surface area contributed by atoms with Gasteiger partial charge in [-0.2, -0.15) is 0 Å². The topological polar surface area (TPSA) is 70.7 Å². The number of guanidine groups is 1. The number of hydrogen-bond donors (Lipinski definition) is 2. The van der Waals surface area contributed by atoms with Crippen molar-refractivity contribution >= 4 is 23.2 Å². The van der Waals surface area contributed by atoms with Crippen LogP contribution in [-0.4, -0.2) is 29.9 Å². The average Bonchev–Trinajstić information content (AvgIpc) is 2.93. The second-order valence-corrected chi connectivity index (χ2v) is 5.01. The Morgan fingerprint density at radius 2 is 2.15 bits per heavy atom. The molecule has 0 unspecified atom stereocenters. The van der Waals surface area contributed by atoms with Crippen LogP contribution in [0.4, 0.5) is 11.4 Å². The van der Waals surface area contributed by atoms with Crippen molar-refractivity contribution in [2.75, 3.05) is 18.4 Å². The largest absolute Gasteiger partial charge is 0.369 e. The molecular weight excluding hydrogens is 252 g/mol. The molecule has 3 N–H and O–H groups in total. The van der Waals surface area contributed by atoms with Gasteiger partial charge in [0.05, 0.1) is 5.69 Å². The predicted molar refractivity (Wildman–Crippen MR) is 82.1 cm³/mol. The smallest absolute Gasteiger partial charge is 0.224 e. The lowest BCUT2D eigenvalue weighted by Crippen LogP contribution is -2.34. The fraction of sp³-hybridized carbons (Fsp3) is 0.467. The Bertz CT molecular complexity index is 492. The van der Waals surface area contributed by atoms with E-state index in [-0.39, 0.29) is 5.91 Å². The predicted octanol–water partition coefficient (Wildman–Crippen LogP) is 2.47. The molecule has 1 saturated heterocycles. The minimum Gasteiger partial charge on any atom is -0.369 e. The first-order valence-corrected chi connectivity index (χ1v) is 7.18. The van der Waals surface area contributed by atoms with Crippen molar-refractivity contribution in [3.8, 4) is 0 Å². The number of anilines is 1. The minimum atomic E-state index is 0.0288. The summed E-state index contributed by atoms with van der Waals surface area (Å²) in [7, 11) is 0. The summed E-state index contributed by atoms with van der Waals surface area (Å²) < 4.78 is 0. The number of carbonyl (C=O) groups is 1. The minimum absolute atomic E-state index is 0.0288. The van der Waals surface area contributed by atoms with E-state index in [1.165, 1.54) is 12.8 Å². The van der Waals surface area contributed by atoms with Gasteiger partial charge in [-0.1, -0.05) is 13.0 Å². The van der Waals surface area contributed by atoms with Gasteiger partial charge < -0.3 is 16.0 Å². The van der Waals surface area contributed by atoms with Crippen LogP contribution in [0.25, 0.3) is 0 Å². The molecule has 1 aliphatic rings. The quantitative estimate of drug-likeness (QED) is 0.654. The van der Waals surface area contributed by atoms with Crippen LogP contribution in [0.3, 0.4) is 0 Å². The first kappa shape index (κ1) is 14.4. The number of benzene rings is 1. The van der Waals surface area contributed by atoms with Gasteiger partial charge in [-0.15, -0.1) is 0 Å². The summed E-state index contributed by atoms with van der Waals surface area (Å²) in [4.78, 5) is 18.1. The number of carbonyl (C=O) groups excluding carboxylic acids is 1. The molecule has 1 heterocycles. The van der Waals surface area contributed by atoms with Crippen LogP contribution in [0.5, 0.6) is 0 Å². The maximum Gasteiger partial charge on any atom is 0.224 e. The van der Waals surface area contributed by atoms with Crippen LogP contribution < -0.4 is 11.1 Å². The third kappa shape index (κ3) is 3.98. The first-order chi connectivity index (χ1) is 9.69. The molecule has 5 nitrogen and oxygen atoms in total. The molecular formula is C15H22N4O. The Hall–Kier alpha value is -2.04. The zero-order chi connectivity index (χ0) is 14.4. The molecule has 108 valence electrons. The van der Waals surface area contributed by atoms with Crippen molar-refractivity contribution in [1.82, 2.24) is 4.90 Å². The molecule has 1 aromatic carbocycles. The Balaban J connectivity index is 2.05. The van der Waals surface area contributed by atoms with E-state index < -0.39 is 0 Å². The summed E-state index contributed by atoms with van der Waals surface area (Å²) >= 11 is 0. The fourth-order valence-electron chi connectivity index (χ4n) is 2.25. The van der Waals surface area contributed by atoms with Gasteiger partial charge in [0.25, 0.3) is 0 Å². The van der Waals surface area contributed by atoms with Crippen LogP contribution >= 0.6 is 0 Å². The lowest BCUT2D eigenvalue weighted by molar-refractivity contribution is -0.116. The molecule has 20 heavy (non-hydrogen) atoms. The molecule has 0 saturated carbocycles. The third-order valence-corrected chi connectivity index (χ3v) is 3.28. The summed E-state index contributed by atoms with van der Waals surface area (Å²) in [6, 6.07) is 7.46. The van der Waals surface area contributed by atoms with Crippen molar-refractivity contribution < 1.29 is 4.79 Å². The fourth-order valence-corrected chi connectivity index (χ4v) is 2.25. The second kappa shape index (κ2) is 6.93. The number of hydrogen-bond acceptors (Lipinski definition) is 2. The van der Waals surface area contributed by atoms with Crippen molar-refractivity contribution in [1.29, 1.82) is 0 Å². The first-order valence-electron chi connectivity index (χ1n) is 7.18. The molecule has 1 aromatic rings. The van der Waals surface area contributed by atoms with E-state index in [9.17, 15) is 4.79 Å². The normalized spacial score (nSPS) is 15.4. The molecule has 2 rings (SSSR count). The summed E-state index contributed by atoms with van der Waals surface area (Å²) in [5.41, 5.74) is 7.53. The Kier molecular flexibility index (Phi) is 4.98. The highest BCUT2D eigenvalue weighted by atomic mass is 16.1. The van der Waals surface area contributed by atoms with E-state index in [1.807, 2.05) is 31.2 Å². The highest BCUT2D eigenvalue weighted by Crippen LogP contribution is 2.19. The van der Waals surface area contributed by atoms with Crippen LogP contribution in [0, 0.1) is 0 Å². The van der Waals surface area contributed by atoms with E-state index in [1.54, 1.807) is 0 Å². The number of nitrogens with one attached hydrogen (secondary N) is 1. The van der Waals surface area contributed by atoms with Gasteiger partial charge in [-0.25, -0.2) is 4.99 Å². The Labute approximate surface area is 119 Å². The van der Waals surface area contributed by atoms with E-state index in [4.69, 9.17) is 5.73 Å². The Morgan fingerprint density at radius 3 is 2.85 bits per heavy atom. The Morgan fingerprint density at radius 1 is 1.40 bits per heavy atom. The molecule has 1 fully saturated rings. The molecule has 0 atom stereocenters. The van der Waals surface area contributed by atoms with Crippen molar-refractivity contribution in [3.63, 3.8) is 0 Å². The van der Waals surface area contributed by atoms with Gasteiger partial charge >= 0.3 is 0 Å². The highest BCUT2D eigenvalue weighted by Gasteiger charge is 2.13. The van der Waals surface area contributed by atoms with E-state index in [0.717, 1.165) is 30.9 Å². The molecule has 0 aromatic heterocycles. The molecule has 0 bridgehead atoms. The van der Waals surface area contributed by atoms with E-state index >= 15 is 0 Å². The van der Waals surface area contributed by atoms with Crippen LogP contribution in [0.2, 0.25) is 0 Å². The van der Waals surface area contributed by atoms with Gasteiger partial charge in [0, 0.05) is 25.2 Å². The summed E-state index contributed by atoms with van der Waals surface area (Å²) in [6.45, 7) is 3.93. The number of amides is 1. The average molecular weight is 274 g/mol. The van der Waals surface area contributed by atoms with Gasteiger partial charge in [0.15, 0.2) is 5.96 Å². The number of nitrogens with zero attached hydrogens (tertiary/aromatic N) is 2. The van der Waals surface area contributed by atoms with E-state index in [0.29, 0.717) is 12.4 Å². The van der Waals surface area contributed by atoms with Crippen LogP contribution in [0.1, 0.15) is 32.6 Å². The maximum atomic E-state index is 11.6. The summed E-state index contributed by atoms with van der Waals surface area (Å²) in [6.07, 6.45) is 3.71. The van der Waals surface area contributed by atoms with E-state index in [2.05, 4.69) is 15.2 Å². The number of likely N-dealkylation sites (tertiary alicyclic amines) is 1. The molecule has 0 spiro atoms. The second-order valence-electron chi connectivity index (χ2n) is 5.01. The SMILES string of the molecule is CCCC(=O)Nc1cccc(N=C(N)N2CCCC2)c1. The molecule has 1 aliphatic heterocycles. The number of rotatable bonds is 4. The van der Waals surface area contributed by atoms with Crippen molar-refractivity contribution in [2.45, 2.75) is 32.6 Å². The maximum absolute atomic E-state index is 11.6. The summed E-state index contributed by atoms with van der Waals surface area (Å²) in [5.74, 6) is 0.584. The number of nitrogens with two attached hydrogens (primary N) is 1. The molecule has 0 radical (unpaired) electrons. The zero-order valence-corrected chi connectivity index (χ0v) is 11.9. The molecule has 0 aliphatic carbocycles. The zero-order valence-electron chi connectivity index (χ0n) is 11.9. The van der Waals surface area contributed by atoms with Crippen LogP contribution in [-0.2, 0) is 4.79 Å². The lowest BCUT2D eigenvalue weighted by atomic mass is 10.2. The molecule has 1 amide bonds. The van der Waals surface area contributed by atoms with Gasteiger partial charge in [-0.05, 0) is 37.5 Å². The lowest BCUT2D eigenvalue weighted by Gasteiger charge is -2.15. The summed E-state index contributed by atoms with van der Waals surface area (Å²) in [5, 5.41) is 2.86. The third-order valence-electron chi connectivity index (χ3n) is 3.28. The number of aliphatic imine (C=N–C) groups is 1. The van der Waals surface area contributed by atoms with Gasteiger partial charge in [-0.3, -0.25) is 4.79 Å². The van der Waals surface area contributed by atoms with Gasteiger partial charge in [0.1, 0.15) is 0 Å². The van der Waals surface area contributed by atoms with Crippen molar-refractivity contribution in [2.24, 2.45) is 10.7 Å². The highest BCUT2D eigenvalue weighted by molar-refractivity contribution is 5.91. The monoisotopic (exact) mass is 274 g/mol. The molecule has 5 heteroatoms. The van der Waals surface area contributed by atoms with Crippen molar-refractivity contribution in [3.05, 3.63) is 24.3 Å². The van der Waals surface area contributed by atoms with Crippen LogP contribution in [0.15, 0.2) is 29.3 Å². The standard InChI is InChI=1S/C15H22N4O/c1-2-6-14(20)17-12-7-5-8-13(11-12)18-15(16)19-9-3-4-10-19/h5,7-8,11H,2-4,6,9-10H2,1H3,(H2,16,18)(H,17,20). The van der Waals surface area contributed by atoms with Gasteiger partial charge in [0.2, 0.25) is 5.91 Å².